The minimum Gasteiger partial charge on any atom is -0.454 e. The standard InChI is InChI=1S/C18H23ClN4O3S/c1-22(8-12-6-15-16(7-14(12)19)26-11-25-15)10-17-20-21-18(27-2)23(17)9-13-4-3-5-24-13/h6-7,13H,3-5,8-11H2,1-2H3. The molecule has 4 rings (SSSR count). The van der Waals surface area contributed by atoms with E-state index in [1.54, 1.807) is 11.8 Å². The van der Waals surface area contributed by atoms with Crippen LogP contribution in [0.5, 0.6) is 11.5 Å². The highest BCUT2D eigenvalue weighted by Crippen LogP contribution is 2.37. The van der Waals surface area contributed by atoms with Gasteiger partial charge in [0, 0.05) is 24.2 Å². The van der Waals surface area contributed by atoms with Crippen LogP contribution in [0.2, 0.25) is 5.02 Å². The molecule has 1 aromatic heterocycles. The molecule has 0 N–H and O–H groups in total. The van der Waals surface area contributed by atoms with E-state index in [1.807, 2.05) is 25.4 Å². The van der Waals surface area contributed by atoms with Gasteiger partial charge in [0.05, 0.1) is 19.2 Å². The molecule has 7 nitrogen and oxygen atoms in total. The molecule has 2 aromatic rings. The second-order valence-corrected chi connectivity index (χ2v) is 8.00. The quantitative estimate of drug-likeness (QED) is 0.649. The Morgan fingerprint density at radius 1 is 1.26 bits per heavy atom. The summed E-state index contributed by atoms with van der Waals surface area (Å²) in [6.45, 7) is 3.24. The molecular formula is C18H23ClN4O3S. The summed E-state index contributed by atoms with van der Waals surface area (Å²) in [7, 11) is 2.05. The first-order valence-corrected chi connectivity index (χ1v) is 10.6. The van der Waals surface area contributed by atoms with Gasteiger partial charge in [-0.3, -0.25) is 4.90 Å². The molecule has 0 spiro atoms. The van der Waals surface area contributed by atoms with Gasteiger partial charge in [0.15, 0.2) is 16.7 Å². The number of rotatable bonds is 7. The Morgan fingerprint density at radius 3 is 2.81 bits per heavy atom. The predicted molar refractivity (Wildman–Crippen MR) is 104 cm³/mol. The van der Waals surface area contributed by atoms with E-state index >= 15 is 0 Å². The Morgan fingerprint density at radius 2 is 2.07 bits per heavy atom. The Balaban J connectivity index is 1.46. The summed E-state index contributed by atoms with van der Waals surface area (Å²) in [5, 5.41) is 10.3. The molecule has 2 aliphatic rings. The molecule has 3 heterocycles. The summed E-state index contributed by atoms with van der Waals surface area (Å²) in [6.07, 6.45) is 4.49. The monoisotopic (exact) mass is 410 g/mol. The molecule has 1 unspecified atom stereocenters. The van der Waals surface area contributed by atoms with E-state index in [4.69, 9.17) is 25.8 Å². The minimum absolute atomic E-state index is 0.245. The average molecular weight is 411 g/mol. The second kappa shape index (κ2) is 8.26. The third kappa shape index (κ3) is 4.18. The molecule has 1 saturated heterocycles. The zero-order valence-corrected chi connectivity index (χ0v) is 17.1. The van der Waals surface area contributed by atoms with Crippen molar-refractivity contribution in [2.75, 3.05) is 26.7 Å². The third-order valence-electron chi connectivity index (χ3n) is 4.78. The van der Waals surface area contributed by atoms with Gasteiger partial charge in [-0.05, 0) is 37.8 Å². The summed E-state index contributed by atoms with van der Waals surface area (Å²) in [6, 6.07) is 3.77. The molecule has 0 aliphatic carbocycles. The summed E-state index contributed by atoms with van der Waals surface area (Å²) in [5.41, 5.74) is 0.999. The van der Waals surface area contributed by atoms with E-state index < -0.39 is 0 Å². The maximum absolute atomic E-state index is 6.41. The van der Waals surface area contributed by atoms with Gasteiger partial charge in [0.2, 0.25) is 6.79 Å². The fourth-order valence-corrected chi connectivity index (χ4v) is 4.17. The molecule has 27 heavy (non-hydrogen) atoms. The highest BCUT2D eigenvalue weighted by atomic mass is 35.5. The van der Waals surface area contributed by atoms with Crippen LogP contribution in [0.4, 0.5) is 0 Å². The van der Waals surface area contributed by atoms with Gasteiger partial charge in [0.1, 0.15) is 5.82 Å². The number of thioether (sulfide) groups is 1. The van der Waals surface area contributed by atoms with Crippen molar-refractivity contribution in [3.63, 3.8) is 0 Å². The van der Waals surface area contributed by atoms with Gasteiger partial charge < -0.3 is 18.8 Å². The van der Waals surface area contributed by atoms with E-state index in [9.17, 15) is 0 Å². The van der Waals surface area contributed by atoms with Crippen molar-refractivity contribution >= 4 is 23.4 Å². The molecule has 0 amide bonds. The van der Waals surface area contributed by atoms with Crippen molar-refractivity contribution in [2.24, 2.45) is 0 Å². The topological polar surface area (TPSA) is 61.6 Å². The first-order valence-electron chi connectivity index (χ1n) is 8.98. The number of ether oxygens (including phenoxy) is 3. The van der Waals surface area contributed by atoms with Gasteiger partial charge in [0.25, 0.3) is 0 Å². The molecule has 0 saturated carbocycles. The lowest BCUT2D eigenvalue weighted by Crippen LogP contribution is -2.23. The maximum Gasteiger partial charge on any atom is 0.231 e. The Kier molecular flexibility index (Phi) is 5.77. The molecule has 146 valence electrons. The molecule has 1 aromatic carbocycles. The Labute approximate surface area is 167 Å². The largest absolute Gasteiger partial charge is 0.454 e. The zero-order chi connectivity index (χ0) is 18.8. The number of hydrogen-bond donors (Lipinski definition) is 0. The Bertz CT molecular complexity index is 810. The van der Waals surface area contributed by atoms with E-state index in [-0.39, 0.29) is 12.9 Å². The Hall–Kier alpha value is -1.48. The smallest absolute Gasteiger partial charge is 0.231 e. The first-order chi connectivity index (χ1) is 13.1. The highest BCUT2D eigenvalue weighted by Gasteiger charge is 2.22. The molecule has 2 aliphatic heterocycles. The van der Waals surface area contributed by atoms with Crippen LogP contribution >= 0.6 is 23.4 Å². The summed E-state index contributed by atoms with van der Waals surface area (Å²) < 4.78 is 18.8. The van der Waals surface area contributed by atoms with Crippen LogP contribution in [0.15, 0.2) is 17.3 Å². The summed E-state index contributed by atoms with van der Waals surface area (Å²) in [5.74, 6) is 2.38. The number of fused-ring (bicyclic) bond motifs is 1. The summed E-state index contributed by atoms with van der Waals surface area (Å²) >= 11 is 8.02. The lowest BCUT2D eigenvalue weighted by molar-refractivity contribution is 0.0934. The van der Waals surface area contributed by atoms with E-state index in [0.29, 0.717) is 23.9 Å². The lowest BCUT2D eigenvalue weighted by atomic mass is 10.2. The number of hydrogen-bond acceptors (Lipinski definition) is 7. The van der Waals surface area contributed by atoms with Gasteiger partial charge in [-0.25, -0.2) is 0 Å². The first kappa shape index (κ1) is 18.9. The molecule has 0 radical (unpaired) electrons. The van der Waals surface area contributed by atoms with Crippen molar-refractivity contribution in [3.05, 3.63) is 28.5 Å². The van der Waals surface area contributed by atoms with Crippen LogP contribution in [0, 0.1) is 0 Å². The number of benzene rings is 1. The number of halogens is 1. The van der Waals surface area contributed by atoms with E-state index in [1.165, 1.54) is 0 Å². The zero-order valence-electron chi connectivity index (χ0n) is 15.5. The van der Waals surface area contributed by atoms with Gasteiger partial charge >= 0.3 is 0 Å². The van der Waals surface area contributed by atoms with Crippen LogP contribution < -0.4 is 9.47 Å². The average Bonchev–Trinajstić information content (AvgIpc) is 3.38. The van der Waals surface area contributed by atoms with Gasteiger partial charge in [-0.1, -0.05) is 23.4 Å². The lowest BCUT2D eigenvalue weighted by Gasteiger charge is -2.19. The van der Waals surface area contributed by atoms with Crippen molar-refractivity contribution < 1.29 is 14.2 Å². The minimum atomic E-state index is 0.245. The number of aromatic nitrogens is 3. The molecule has 0 bridgehead atoms. The molecule has 1 atom stereocenters. The van der Waals surface area contributed by atoms with Crippen LogP contribution in [0.3, 0.4) is 0 Å². The summed E-state index contributed by atoms with van der Waals surface area (Å²) in [4.78, 5) is 2.17. The van der Waals surface area contributed by atoms with E-state index in [2.05, 4.69) is 19.7 Å². The van der Waals surface area contributed by atoms with Gasteiger partial charge in [-0.15, -0.1) is 10.2 Å². The second-order valence-electron chi connectivity index (χ2n) is 6.82. The van der Waals surface area contributed by atoms with E-state index in [0.717, 1.165) is 48.3 Å². The maximum atomic E-state index is 6.41. The van der Waals surface area contributed by atoms with Crippen LogP contribution in [-0.2, 0) is 24.4 Å². The van der Waals surface area contributed by atoms with Crippen LogP contribution in [0.1, 0.15) is 24.2 Å². The van der Waals surface area contributed by atoms with Crippen LogP contribution in [-0.4, -0.2) is 52.5 Å². The van der Waals surface area contributed by atoms with Crippen molar-refractivity contribution in [1.82, 2.24) is 19.7 Å². The van der Waals surface area contributed by atoms with Crippen molar-refractivity contribution in [2.45, 2.75) is 43.7 Å². The SMILES string of the molecule is CSc1nnc(CN(C)Cc2cc3c(cc2Cl)OCO3)n1CC1CCCO1. The van der Waals surface area contributed by atoms with Crippen LogP contribution in [0.25, 0.3) is 0 Å². The van der Waals surface area contributed by atoms with Crippen molar-refractivity contribution in [3.8, 4) is 11.5 Å². The fraction of sp³-hybridized carbons (Fsp3) is 0.556. The fourth-order valence-electron chi connectivity index (χ4n) is 3.43. The van der Waals surface area contributed by atoms with Gasteiger partial charge in [-0.2, -0.15) is 0 Å². The number of nitrogens with zero attached hydrogens (tertiary/aromatic N) is 4. The molecule has 1 fully saturated rings. The third-order valence-corrected chi connectivity index (χ3v) is 5.80. The normalized spacial score (nSPS) is 18.6. The predicted octanol–water partition coefficient (Wildman–Crippen LogP) is 3.19. The highest BCUT2D eigenvalue weighted by molar-refractivity contribution is 7.98. The molecular weight excluding hydrogens is 388 g/mol. The van der Waals surface area contributed by atoms with Crippen molar-refractivity contribution in [1.29, 1.82) is 0 Å². The molecule has 9 heteroatoms.